The Balaban J connectivity index is 1.30. The maximum absolute atomic E-state index is 15.0. The van der Waals surface area contributed by atoms with E-state index in [0.29, 0.717) is 11.3 Å². The number of alkyl halides is 6. The first-order chi connectivity index (χ1) is 21.6. The van der Waals surface area contributed by atoms with Crippen molar-refractivity contribution in [1.29, 1.82) is 0 Å². The SMILES string of the molecule is Cc1ccc(OCC(F)(F)F)c(N2C(=O)CS/C2=N\C(=O)Nc2ccc(-c3ncn(-c4ccc(SC(F)(F)F)cc4)n3)cc2F)c1. The molecule has 0 saturated carbocycles. The second-order valence-electron chi connectivity index (χ2n) is 9.47. The minimum Gasteiger partial charge on any atom is -0.482 e. The number of nitrogens with one attached hydrogen (secondary N) is 1. The molecule has 0 aliphatic carbocycles. The van der Waals surface area contributed by atoms with Crippen molar-refractivity contribution in [1.82, 2.24) is 14.8 Å². The van der Waals surface area contributed by atoms with E-state index in [1.807, 2.05) is 0 Å². The molecule has 240 valence electrons. The van der Waals surface area contributed by atoms with Crippen LogP contribution >= 0.6 is 23.5 Å². The van der Waals surface area contributed by atoms with Gasteiger partial charge in [0.2, 0.25) is 5.91 Å². The van der Waals surface area contributed by atoms with Crippen LogP contribution in [0.4, 0.5) is 46.9 Å². The number of hydrogen-bond acceptors (Lipinski definition) is 7. The van der Waals surface area contributed by atoms with Crippen molar-refractivity contribution in [3.63, 3.8) is 0 Å². The Bertz CT molecular complexity index is 1810. The monoisotopic (exact) mass is 684 g/mol. The van der Waals surface area contributed by atoms with Gasteiger partial charge >= 0.3 is 17.7 Å². The molecule has 9 nitrogen and oxygen atoms in total. The number of aromatic nitrogens is 3. The molecule has 1 fully saturated rings. The van der Waals surface area contributed by atoms with Crippen LogP contribution in [0.25, 0.3) is 17.1 Å². The number of anilines is 2. The standard InChI is InChI=1S/C28H19F7N6O3S2/c1-15-2-9-22(44-13-27(30,31)32)21(10-15)41-23(42)12-45-26(41)38-25(43)37-20-8-3-16(11-19(20)29)24-36-14-40(39-24)17-4-6-18(7-5-17)46-28(33,34)35/h2-11,14H,12-13H2,1H3,(H,37,43)/b38-26-. The van der Waals surface area contributed by atoms with Gasteiger partial charge in [0.25, 0.3) is 0 Å². The molecule has 1 aromatic heterocycles. The molecule has 46 heavy (non-hydrogen) atoms. The largest absolute Gasteiger partial charge is 0.482 e. The number of carbonyl (C=O) groups is 2. The van der Waals surface area contributed by atoms with Gasteiger partial charge in [-0.15, -0.1) is 5.10 Å². The molecule has 0 unspecified atom stereocenters. The van der Waals surface area contributed by atoms with Crippen molar-refractivity contribution < 1.29 is 45.1 Å². The molecule has 3 aromatic carbocycles. The van der Waals surface area contributed by atoms with E-state index in [1.165, 1.54) is 65.6 Å². The summed E-state index contributed by atoms with van der Waals surface area (Å²) in [5, 5.41) is 6.34. The highest BCUT2D eigenvalue weighted by Crippen LogP contribution is 2.38. The van der Waals surface area contributed by atoms with Crippen LogP contribution in [0.5, 0.6) is 5.75 Å². The molecule has 0 radical (unpaired) electrons. The fourth-order valence-electron chi connectivity index (χ4n) is 4.07. The summed E-state index contributed by atoms with van der Waals surface area (Å²) in [4.78, 5) is 34.3. The molecule has 4 aromatic rings. The number of halogens is 7. The van der Waals surface area contributed by atoms with Crippen molar-refractivity contribution in [3.8, 4) is 22.8 Å². The minimum absolute atomic E-state index is 0.0119. The third-order valence-electron chi connectivity index (χ3n) is 6.00. The van der Waals surface area contributed by atoms with Gasteiger partial charge in [0, 0.05) is 10.5 Å². The quantitative estimate of drug-likeness (QED) is 0.158. The Morgan fingerprint density at radius 2 is 1.80 bits per heavy atom. The lowest BCUT2D eigenvalue weighted by Crippen LogP contribution is -2.31. The van der Waals surface area contributed by atoms with Gasteiger partial charge in [-0.25, -0.2) is 18.9 Å². The average molecular weight is 685 g/mol. The van der Waals surface area contributed by atoms with E-state index in [9.17, 15) is 35.9 Å². The van der Waals surface area contributed by atoms with Crippen LogP contribution in [-0.2, 0) is 4.79 Å². The van der Waals surface area contributed by atoms with Gasteiger partial charge in [0.15, 0.2) is 17.6 Å². The highest BCUT2D eigenvalue weighted by atomic mass is 32.2. The molecule has 3 amide bonds. The van der Waals surface area contributed by atoms with Crippen molar-refractivity contribution >= 4 is 52.0 Å². The molecule has 1 aliphatic heterocycles. The summed E-state index contributed by atoms with van der Waals surface area (Å²) in [5.41, 5.74) is -3.51. The van der Waals surface area contributed by atoms with Crippen LogP contribution < -0.4 is 15.0 Å². The molecule has 0 spiro atoms. The Morgan fingerprint density at radius 1 is 1.07 bits per heavy atom. The van der Waals surface area contributed by atoms with Crippen molar-refractivity contribution in [3.05, 3.63) is 78.4 Å². The first kappa shape index (κ1) is 32.8. The van der Waals surface area contributed by atoms with E-state index >= 15 is 4.39 Å². The van der Waals surface area contributed by atoms with E-state index in [4.69, 9.17) is 4.74 Å². The fourth-order valence-corrected chi connectivity index (χ4v) is 5.47. The van der Waals surface area contributed by atoms with Crippen molar-refractivity contribution in [2.75, 3.05) is 22.6 Å². The Kier molecular flexibility index (Phi) is 9.29. The zero-order chi connectivity index (χ0) is 33.2. The van der Waals surface area contributed by atoms with Gasteiger partial charge in [-0.05, 0) is 78.8 Å². The number of aryl methyl sites for hydroxylation is 1. The van der Waals surface area contributed by atoms with Crippen LogP contribution in [0.1, 0.15) is 5.56 Å². The number of nitrogens with zero attached hydrogens (tertiary/aromatic N) is 5. The van der Waals surface area contributed by atoms with E-state index in [0.717, 1.165) is 22.7 Å². The van der Waals surface area contributed by atoms with Gasteiger partial charge < -0.3 is 10.1 Å². The van der Waals surface area contributed by atoms with Gasteiger partial charge in [-0.2, -0.15) is 31.3 Å². The minimum atomic E-state index is -4.63. The number of ether oxygens (including phenoxy) is 1. The summed E-state index contributed by atoms with van der Waals surface area (Å²) < 4.78 is 97.3. The predicted molar refractivity (Wildman–Crippen MR) is 158 cm³/mol. The maximum Gasteiger partial charge on any atom is 0.446 e. The molecule has 0 atom stereocenters. The maximum atomic E-state index is 15.0. The number of thioether (sulfide) groups is 2. The van der Waals surface area contributed by atoms with Crippen LogP contribution in [0, 0.1) is 12.7 Å². The molecule has 1 aliphatic rings. The summed E-state index contributed by atoms with van der Waals surface area (Å²) in [7, 11) is 0. The van der Waals surface area contributed by atoms with Crippen LogP contribution in [0.15, 0.2) is 76.9 Å². The average Bonchev–Trinajstić information content (AvgIpc) is 3.59. The number of amides is 3. The molecule has 18 heteroatoms. The van der Waals surface area contributed by atoms with Crippen LogP contribution in [0.2, 0.25) is 0 Å². The summed E-state index contributed by atoms with van der Waals surface area (Å²) in [5.74, 6) is -1.76. The summed E-state index contributed by atoms with van der Waals surface area (Å²) >= 11 is 0.604. The molecule has 2 heterocycles. The van der Waals surface area contributed by atoms with Crippen LogP contribution in [-0.4, -0.2) is 55.9 Å². The van der Waals surface area contributed by atoms with Crippen molar-refractivity contribution in [2.45, 2.75) is 23.5 Å². The normalized spacial score (nSPS) is 14.7. The fraction of sp³-hybridized carbons (Fsp3) is 0.179. The van der Waals surface area contributed by atoms with Gasteiger partial charge in [0.05, 0.1) is 22.8 Å². The molecule has 0 bridgehead atoms. The smallest absolute Gasteiger partial charge is 0.446 e. The number of hydrogen-bond donors (Lipinski definition) is 1. The number of benzene rings is 3. The highest BCUT2D eigenvalue weighted by Gasteiger charge is 2.34. The van der Waals surface area contributed by atoms with E-state index in [1.54, 1.807) is 6.92 Å². The third-order valence-corrected chi connectivity index (χ3v) is 7.67. The number of urea groups is 1. The molecular weight excluding hydrogens is 665 g/mol. The van der Waals surface area contributed by atoms with E-state index < -0.39 is 36.0 Å². The molecule has 1 saturated heterocycles. The Labute approximate surface area is 263 Å². The zero-order valence-corrected chi connectivity index (χ0v) is 24.8. The summed E-state index contributed by atoms with van der Waals surface area (Å²) in [6, 6.07) is 12.2. The zero-order valence-electron chi connectivity index (χ0n) is 23.2. The Morgan fingerprint density at radius 3 is 2.48 bits per heavy atom. The van der Waals surface area contributed by atoms with Gasteiger partial charge in [-0.3, -0.25) is 9.69 Å². The van der Waals surface area contributed by atoms with Crippen LogP contribution in [0.3, 0.4) is 0 Å². The number of rotatable bonds is 7. The topological polar surface area (TPSA) is 102 Å². The predicted octanol–water partition coefficient (Wildman–Crippen LogP) is 7.60. The summed E-state index contributed by atoms with van der Waals surface area (Å²) in [6.45, 7) is 0.0484. The number of carbonyl (C=O) groups excluding carboxylic acids is 2. The Hall–Kier alpha value is -4.58. The highest BCUT2D eigenvalue weighted by molar-refractivity contribution is 8.15. The first-order valence-corrected chi connectivity index (χ1v) is 14.7. The lowest BCUT2D eigenvalue weighted by atomic mass is 10.2. The second-order valence-corrected chi connectivity index (χ2v) is 11.5. The lowest BCUT2D eigenvalue weighted by molar-refractivity contribution is -0.153. The number of aliphatic imine (C=N–C) groups is 1. The summed E-state index contributed by atoms with van der Waals surface area (Å²) in [6.07, 6.45) is -3.34. The van der Waals surface area contributed by atoms with Crippen molar-refractivity contribution in [2.24, 2.45) is 4.99 Å². The van der Waals surface area contributed by atoms with Gasteiger partial charge in [0.1, 0.15) is 17.9 Å². The third kappa shape index (κ3) is 8.16. The second kappa shape index (κ2) is 13.0. The first-order valence-electron chi connectivity index (χ1n) is 12.9. The molecular formula is C28H19F7N6O3S2. The van der Waals surface area contributed by atoms with E-state index in [-0.39, 0.29) is 56.1 Å². The lowest BCUT2D eigenvalue weighted by Gasteiger charge is -2.21. The number of amidine groups is 1. The van der Waals surface area contributed by atoms with E-state index in [2.05, 4.69) is 20.4 Å². The van der Waals surface area contributed by atoms with Gasteiger partial charge in [-0.1, -0.05) is 17.8 Å². The molecule has 5 rings (SSSR count). The molecule has 1 N–H and O–H groups in total.